The number of alkyl halides is 1. The minimum Gasteiger partial charge on any atom is -0.352 e. The number of unbranched alkanes of at least 4 members (excludes halogenated alkanes) is 3. The normalized spacial score (nSPS) is 10.4. The Labute approximate surface area is 126 Å². The summed E-state index contributed by atoms with van der Waals surface area (Å²) in [6.07, 6.45) is 4.48. The van der Waals surface area contributed by atoms with E-state index < -0.39 is 0 Å². The van der Waals surface area contributed by atoms with Gasteiger partial charge < -0.3 is 5.32 Å². The number of amides is 1. The lowest BCUT2D eigenvalue weighted by atomic mass is 10.2. The maximum absolute atomic E-state index is 11.8. The van der Waals surface area contributed by atoms with Gasteiger partial charge >= 0.3 is 0 Å². The van der Waals surface area contributed by atoms with Crippen LogP contribution in [0.4, 0.5) is 0 Å². The molecular weight excluding hydrogens is 337 g/mol. The van der Waals surface area contributed by atoms with Gasteiger partial charge in [-0.1, -0.05) is 52.0 Å². The summed E-state index contributed by atoms with van der Waals surface area (Å²) in [7, 11) is 0. The molecule has 2 nitrogen and oxygen atoms in total. The highest BCUT2D eigenvalue weighted by Crippen LogP contribution is 2.18. The van der Waals surface area contributed by atoms with E-state index in [0.717, 1.165) is 18.2 Å². The topological polar surface area (TPSA) is 29.1 Å². The molecule has 100 valence electrons. The molecule has 0 fully saturated rings. The van der Waals surface area contributed by atoms with E-state index >= 15 is 0 Å². The molecule has 0 aliphatic heterocycles. The summed E-state index contributed by atoms with van der Waals surface area (Å²) in [5.41, 5.74) is 0.507. The molecule has 1 N–H and O–H groups in total. The Morgan fingerprint density at radius 1 is 1.06 bits per heavy atom. The second-order valence-electron chi connectivity index (χ2n) is 4.02. The van der Waals surface area contributed by atoms with Crippen molar-refractivity contribution in [3.63, 3.8) is 0 Å². The first kappa shape index (κ1) is 15.8. The van der Waals surface area contributed by atoms with Crippen molar-refractivity contribution in [3.8, 4) is 0 Å². The zero-order valence-electron chi connectivity index (χ0n) is 10.0. The van der Waals surface area contributed by atoms with Gasteiger partial charge in [-0.2, -0.15) is 0 Å². The molecular formula is C13H16BrCl2NO. The molecule has 0 aliphatic rings. The van der Waals surface area contributed by atoms with E-state index in [1.54, 1.807) is 18.2 Å². The zero-order chi connectivity index (χ0) is 13.4. The SMILES string of the molecule is O=C(NCCCCCCBr)c1cc(Cl)cc(Cl)c1. The van der Waals surface area contributed by atoms with Gasteiger partial charge in [0.1, 0.15) is 0 Å². The standard InChI is InChI=1S/C13H16BrCl2NO/c14-5-3-1-2-4-6-17-13(18)10-7-11(15)9-12(16)8-10/h7-9H,1-6H2,(H,17,18). The van der Waals surface area contributed by atoms with Gasteiger partial charge in [0.05, 0.1) is 0 Å². The Bertz CT molecular complexity index is 378. The van der Waals surface area contributed by atoms with Crippen LogP contribution in [-0.2, 0) is 0 Å². The zero-order valence-corrected chi connectivity index (χ0v) is 13.1. The molecule has 0 radical (unpaired) electrons. The molecule has 0 saturated heterocycles. The summed E-state index contributed by atoms with van der Waals surface area (Å²) in [5, 5.41) is 4.86. The van der Waals surface area contributed by atoms with Crippen molar-refractivity contribution >= 4 is 45.0 Å². The van der Waals surface area contributed by atoms with E-state index in [2.05, 4.69) is 21.2 Å². The van der Waals surface area contributed by atoms with E-state index in [1.165, 1.54) is 12.8 Å². The molecule has 1 aromatic rings. The van der Waals surface area contributed by atoms with Gasteiger partial charge in [0.15, 0.2) is 0 Å². The molecule has 1 aromatic carbocycles. The van der Waals surface area contributed by atoms with E-state index in [-0.39, 0.29) is 5.91 Å². The molecule has 0 saturated carbocycles. The number of rotatable bonds is 7. The Morgan fingerprint density at radius 2 is 1.67 bits per heavy atom. The fraction of sp³-hybridized carbons (Fsp3) is 0.462. The summed E-state index contributed by atoms with van der Waals surface area (Å²) in [4.78, 5) is 11.8. The summed E-state index contributed by atoms with van der Waals surface area (Å²) >= 11 is 15.1. The molecule has 0 atom stereocenters. The van der Waals surface area contributed by atoms with Gasteiger partial charge in [0.2, 0.25) is 0 Å². The van der Waals surface area contributed by atoms with Crippen molar-refractivity contribution in [2.75, 3.05) is 11.9 Å². The third-order valence-corrected chi connectivity index (χ3v) is 3.47. The summed E-state index contributed by atoms with van der Waals surface area (Å²) in [6, 6.07) is 4.85. The van der Waals surface area contributed by atoms with Gasteiger partial charge in [-0.3, -0.25) is 4.79 Å². The maximum atomic E-state index is 11.8. The predicted molar refractivity (Wildman–Crippen MR) is 81.1 cm³/mol. The fourth-order valence-corrected chi connectivity index (χ4v) is 2.48. The van der Waals surface area contributed by atoms with Crippen LogP contribution in [0.1, 0.15) is 36.0 Å². The molecule has 0 unspecified atom stereocenters. The van der Waals surface area contributed by atoms with E-state index in [4.69, 9.17) is 23.2 Å². The second-order valence-corrected chi connectivity index (χ2v) is 5.68. The van der Waals surface area contributed by atoms with Crippen LogP contribution in [0.2, 0.25) is 10.0 Å². The van der Waals surface area contributed by atoms with Crippen LogP contribution in [0.3, 0.4) is 0 Å². The monoisotopic (exact) mass is 351 g/mol. The highest BCUT2D eigenvalue weighted by atomic mass is 79.9. The molecule has 5 heteroatoms. The van der Waals surface area contributed by atoms with Crippen LogP contribution in [0.15, 0.2) is 18.2 Å². The van der Waals surface area contributed by atoms with E-state index in [0.29, 0.717) is 22.2 Å². The molecule has 0 spiro atoms. The van der Waals surface area contributed by atoms with Crippen LogP contribution in [0.25, 0.3) is 0 Å². The number of hydrogen-bond acceptors (Lipinski definition) is 1. The Hall–Kier alpha value is -0.250. The third-order valence-electron chi connectivity index (χ3n) is 2.47. The first-order valence-corrected chi connectivity index (χ1v) is 7.81. The smallest absolute Gasteiger partial charge is 0.251 e. The summed E-state index contributed by atoms with van der Waals surface area (Å²) in [5.74, 6) is -0.125. The summed E-state index contributed by atoms with van der Waals surface area (Å²) in [6.45, 7) is 0.686. The molecule has 0 aromatic heterocycles. The first-order valence-electron chi connectivity index (χ1n) is 5.93. The molecule has 1 amide bonds. The predicted octanol–water partition coefficient (Wildman–Crippen LogP) is 4.68. The minimum absolute atomic E-state index is 0.125. The van der Waals surface area contributed by atoms with Crippen molar-refractivity contribution in [3.05, 3.63) is 33.8 Å². The highest BCUT2D eigenvalue weighted by molar-refractivity contribution is 9.09. The fourth-order valence-electron chi connectivity index (χ4n) is 1.56. The molecule has 0 aliphatic carbocycles. The molecule has 1 rings (SSSR count). The van der Waals surface area contributed by atoms with Crippen LogP contribution in [0.5, 0.6) is 0 Å². The maximum Gasteiger partial charge on any atom is 0.251 e. The molecule has 18 heavy (non-hydrogen) atoms. The van der Waals surface area contributed by atoms with Crippen LogP contribution >= 0.6 is 39.1 Å². The van der Waals surface area contributed by atoms with Gasteiger partial charge in [-0.05, 0) is 31.0 Å². The van der Waals surface area contributed by atoms with Crippen molar-refractivity contribution in [2.24, 2.45) is 0 Å². The first-order chi connectivity index (χ1) is 8.63. The Balaban J connectivity index is 2.32. The Morgan fingerprint density at radius 3 is 2.28 bits per heavy atom. The number of hydrogen-bond donors (Lipinski definition) is 1. The van der Waals surface area contributed by atoms with Crippen molar-refractivity contribution in [1.29, 1.82) is 0 Å². The minimum atomic E-state index is -0.125. The largest absolute Gasteiger partial charge is 0.352 e. The van der Waals surface area contributed by atoms with Crippen LogP contribution < -0.4 is 5.32 Å². The van der Waals surface area contributed by atoms with Gasteiger partial charge in [-0.15, -0.1) is 0 Å². The number of carbonyl (C=O) groups excluding carboxylic acids is 1. The van der Waals surface area contributed by atoms with Crippen molar-refractivity contribution in [2.45, 2.75) is 25.7 Å². The highest BCUT2D eigenvalue weighted by Gasteiger charge is 2.06. The van der Waals surface area contributed by atoms with Crippen LogP contribution in [-0.4, -0.2) is 17.8 Å². The van der Waals surface area contributed by atoms with Crippen molar-refractivity contribution in [1.82, 2.24) is 5.32 Å². The number of halogens is 3. The van der Waals surface area contributed by atoms with E-state index in [9.17, 15) is 4.79 Å². The summed E-state index contributed by atoms with van der Waals surface area (Å²) < 4.78 is 0. The quantitative estimate of drug-likeness (QED) is 0.560. The second kappa shape index (κ2) is 8.78. The van der Waals surface area contributed by atoms with Crippen LogP contribution in [0, 0.1) is 0 Å². The Kier molecular flexibility index (Phi) is 7.71. The van der Waals surface area contributed by atoms with Gasteiger partial charge in [0, 0.05) is 27.5 Å². The van der Waals surface area contributed by atoms with E-state index in [1.807, 2.05) is 0 Å². The lowest BCUT2D eigenvalue weighted by Crippen LogP contribution is -2.24. The third kappa shape index (κ3) is 6.07. The average molecular weight is 353 g/mol. The lowest BCUT2D eigenvalue weighted by Gasteiger charge is -2.06. The van der Waals surface area contributed by atoms with Gasteiger partial charge in [-0.25, -0.2) is 0 Å². The van der Waals surface area contributed by atoms with Gasteiger partial charge in [0.25, 0.3) is 5.91 Å². The molecule has 0 heterocycles. The molecule has 0 bridgehead atoms. The number of carbonyl (C=O) groups is 1. The number of benzene rings is 1. The lowest BCUT2D eigenvalue weighted by molar-refractivity contribution is 0.0953. The number of nitrogens with one attached hydrogen (secondary N) is 1. The van der Waals surface area contributed by atoms with Crippen molar-refractivity contribution < 1.29 is 4.79 Å². The average Bonchev–Trinajstić information content (AvgIpc) is 2.32.